The number of nitrogens with zero attached hydrogens (tertiary/aromatic N) is 2. The molecule has 1 N–H and O–H groups in total. The maximum atomic E-state index is 11.1. The van der Waals surface area contributed by atoms with Crippen molar-refractivity contribution in [3.05, 3.63) is 17.5 Å². The molecule has 0 fully saturated rings. The molecule has 0 aliphatic rings. The highest BCUT2D eigenvalue weighted by molar-refractivity contribution is 5.92. The molecule has 0 amide bonds. The van der Waals surface area contributed by atoms with E-state index in [-0.39, 0.29) is 11.8 Å². The van der Waals surface area contributed by atoms with Gasteiger partial charge < -0.3 is 5.32 Å². The molecule has 76 valence electrons. The molecule has 0 aromatic carbocycles. The first-order chi connectivity index (χ1) is 6.49. The van der Waals surface area contributed by atoms with Gasteiger partial charge in [-0.2, -0.15) is 0 Å². The van der Waals surface area contributed by atoms with Crippen LogP contribution in [0.2, 0.25) is 0 Å². The largest absolute Gasteiger partial charge is 0.352 e. The van der Waals surface area contributed by atoms with Gasteiger partial charge in [-0.1, -0.05) is 0 Å². The van der Waals surface area contributed by atoms with Crippen LogP contribution in [0.1, 0.15) is 37.0 Å². The van der Waals surface area contributed by atoms with Gasteiger partial charge in [0.2, 0.25) is 5.95 Å². The number of rotatable bonds is 3. The molecule has 1 rings (SSSR count). The lowest BCUT2D eigenvalue weighted by molar-refractivity contribution is 0.101. The van der Waals surface area contributed by atoms with Gasteiger partial charge in [0.25, 0.3) is 0 Å². The molecule has 1 aromatic heterocycles. The molecular formula is C10H15N3O. The quantitative estimate of drug-likeness (QED) is 0.744. The topological polar surface area (TPSA) is 54.9 Å². The molecule has 4 nitrogen and oxygen atoms in total. The molecule has 4 heteroatoms. The number of aromatic nitrogens is 2. The average Bonchev–Trinajstić information content (AvgIpc) is 2.01. The molecule has 0 bridgehead atoms. The highest BCUT2D eigenvalue weighted by Crippen LogP contribution is 2.06. The first-order valence-corrected chi connectivity index (χ1v) is 4.62. The van der Waals surface area contributed by atoms with E-state index in [0.29, 0.717) is 11.6 Å². The fraction of sp³-hybridized carbons (Fsp3) is 0.500. The van der Waals surface area contributed by atoms with Crippen molar-refractivity contribution < 1.29 is 4.79 Å². The predicted molar refractivity (Wildman–Crippen MR) is 55.5 cm³/mol. The normalized spacial score (nSPS) is 10.4. The lowest BCUT2D eigenvalue weighted by Crippen LogP contribution is -2.14. The van der Waals surface area contributed by atoms with Gasteiger partial charge in [0.15, 0.2) is 5.78 Å². The highest BCUT2D eigenvalue weighted by Gasteiger charge is 2.06. The molecule has 1 aromatic rings. The third-order valence-corrected chi connectivity index (χ3v) is 1.63. The van der Waals surface area contributed by atoms with Gasteiger partial charge in [0.05, 0.1) is 0 Å². The van der Waals surface area contributed by atoms with Crippen LogP contribution in [0.4, 0.5) is 5.95 Å². The first-order valence-electron chi connectivity index (χ1n) is 4.62. The Morgan fingerprint density at radius 1 is 1.43 bits per heavy atom. The SMILES string of the molecule is CC(=O)c1cc(C)nc(NC(C)C)n1. The zero-order valence-corrected chi connectivity index (χ0v) is 8.96. The summed E-state index contributed by atoms with van der Waals surface area (Å²) in [6, 6.07) is 1.95. The third kappa shape index (κ3) is 2.80. The fourth-order valence-corrected chi connectivity index (χ4v) is 1.07. The molecule has 14 heavy (non-hydrogen) atoms. The number of carbonyl (C=O) groups is 1. The van der Waals surface area contributed by atoms with Gasteiger partial charge in [-0.3, -0.25) is 4.79 Å². The van der Waals surface area contributed by atoms with Crippen molar-refractivity contribution >= 4 is 11.7 Å². The lowest BCUT2D eigenvalue weighted by atomic mass is 10.2. The maximum Gasteiger partial charge on any atom is 0.223 e. The first kappa shape index (κ1) is 10.6. The van der Waals surface area contributed by atoms with Crippen LogP contribution < -0.4 is 5.32 Å². The van der Waals surface area contributed by atoms with E-state index < -0.39 is 0 Å². The Labute approximate surface area is 83.8 Å². The maximum absolute atomic E-state index is 11.1. The Hall–Kier alpha value is -1.45. The van der Waals surface area contributed by atoms with E-state index in [1.54, 1.807) is 6.07 Å². The van der Waals surface area contributed by atoms with Crippen LogP contribution in [0.15, 0.2) is 6.07 Å². The number of hydrogen-bond acceptors (Lipinski definition) is 4. The van der Waals surface area contributed by atoms with Crippen molar-refractivity contribution in [3.63, 3.8) is 0 Å². The summed E-state index contributed by atoms with van der Waals surface area (Å²) >= 11 is 0. The van der Waals surface area contributed by atoms with Crippen molar-refractivity contribution in [2.75, 3.05) is 5.32 Å². The number of hydrogen-bond donors (Lipinski definition) is 1. The second kappa shape index (κ2) is 4.17. The summed E-state index contributed by atoms with van der Waals surface area (Å²) in [5, 5.41) is 3.07. The Balaban J connectivity index is 3.01. The minimum absolute atomic E-state index is 0.0395. The van der Waals surface area contributed by atoms with Crippen molar-refractivity contribution in [2.24, 2.45) is 0 Å². The van der Waals surface area contributed by atoms with Gasteiger partial charge in [-0.25, -0.2) is 9.97 Å². The average molecular weight is 193 g/mol. The molecule has 0 atom stereocenters. The van der Waals surface area contributed by atoms with E-state index in [4.69, 9.17) is 0 Å². The summed E-state index contributed by atoms with van der Waals surface area (Å²) in [4.78, 5) is 19.4. The summed E-state index contributed by atoms with van der Waals surface area (Å²) in [7, 11) is 0. The van der Waals surface area contributed by atoms with Crippen LogP contribution in [-0.2, 0) is 0 Å². The number of nitrogens with one attached hydrogen (secondary N) is 1. The summed E-state index contributed by atoms with van der Waals surface area (Å²) in [6.45, 7) is 7.35. The second-order valence-corrected chi connectivity index (χ2v) is 3.57. The highest BCUT2D eigenvalue weighted by atomic mass is 16.1. The Morgan fingerprint density at radius 2 is 2.07 bits per heavy atom. The molecular weight excluding hydrogens is 178 g/mol. The van der Waals surface area contributed by atoms with Crippen LogP contribution >= 0.6 is 0 Å². The molecule has 0 spiro atoms. The standard InChI is InChI=1S/C10H15N3O/c1-6(2)11-10-12-7(3)5-9(13-10)8(4)14/h5-6H,1-4H3,(H,11,12,13). The minimum Gasteiger partial charge on any atom is -0.352 e. The van der Waals surface area contributed by atoms with Crippen molar-refractivity contribution in [1.82, 2.24) is 9.97 Å². The molecule has 0 aliphatic carbocycles. The van der Waals surface area contributed by atoms with E-state index in [9.17, 15) is 4.79 Å². The van der Waals surface area contributed by atoms with Crippen molar-refractivity contribution in [1.29, 1.82) is 0 Å². The predicted octanol–water partition coefficient (Wildman–Crippen LogP) is 1.81. The van der Waals surface area contributed by atoms with Crippen LogP contribution in [-0.4, -0.2) is 21.8 Å². The van der Waals surface area contributed by atoms with Crippen LogP contribution in [0.3, 0.4) is 0 Å². The summed E-state index contributed by atoms with van der Waals surface area (Å²) in [5.41, 5.74) is 1.26. The van der Waals surface area contributed by atoms with Crippen LogP contribution in [0, 0.1) is 6.92 Å². The molecule has 0 unspecified atom stereocenters. The molecule has 0 radical (unpaired) electrons. The summed E-state index contributed by atoms with van der Waals surface area (Å²) in [6.07, 6.45) is 0. The van der Waals surface area contributed by atoms with E-state index in [1.165, 1.54) is 6.92 Å². The van der Waals surface area contributed by atoms with Gasteiger partial charge in [0, 0.05) is 18.7 Å². The number of aryl methyl sites for hydroxylation is 1. The Bertz CT molecular complexity index is 347. The monoisotopic (exact) mass is 193 g/mol. The van der Waals surface area contributed by atoms with E-state index in [0.717, 1.165) is 5.69 Å². The number of carbonyl (C=O) groups excluding carboxylic acids is 1. The van der Waals surface area contributed by atoms with Crippen LogP contribution in [0.25, 0.3) is 0 Å². The molecule has 0 saturated carbocycles. The summed E-state index contributed by atoms with van der Waals surface area (Å²) < 4.78 is 0. The molecule has 0 saturated heterocycles. The smallest absolute Gasteiger partial charge is 0.223 e. The number of ketones is 1. The molecule has 1 heterocycles. The third-order valence-electron chi connectivity index (χ3n) is 1.63. The zero-order chi connectivity index (χ0) is 10.7. The molecule has 0 aliphatic heterocycles. The zero-order valence-electron chi connectivity index (χ0n) is 8.96. The Morgan fingerprint density at radius 3 is 2.57 bits per heavy atom. The van der Waals surface area contributed by atoms with Gasteiger partial charge in [0.1, 0.15) is 5.69 Å². The second-order valence-electron chi connectivity index (χ2n) is 3.57. The van der Waals surface area contributed by atoms with Crippen molar-refractivity contribution in [3.8, 4) is 0 Å². The fourth-order valence-electron chi connectivity index (χ4n) is 1.07. The number of anilines is 1. The van der Waals surface area contributed by atoms with Gasteiger partial charge in [-0.05, 0) is 26.8 Å². The van der Waals surface area contributed by atoms with E-state index in [1.807, 2.05) is 20.8 Å². The Kier molecular flexibility index (Phi) is 3.17. The summed E-state index contributed by atoms with van der Waals surface area (Å²) in [5.74, 6) is 0.479. The lowest BCUT2D eigenvalue weighted by Gasteiger charge is -2.09. The van der Waals surface area contributed by atoms with E-state index >= 15 is 0 Å². The van der Waals surface area contributed by atoms with Gasteiger partial charge in [-0.15, -0.1) is 0 Å². The van der Waals surface area contributed by atoms with E-state index in [2.05, 4.69) is 15.3 Å². The van der Waals surface area contributed by atoms with Crippen LogP contribution in [0.5, 0.6) is 0 Å². The van der Waals surface area contributed by atoms with Gasteiger partial charge >= 0.3 is 0 Å². The van der Waals surface area contributed by atoms with Crippen molar-refractivity contribution in [2.45, 2.75) is 33.7 Å². The minimum atomic E-state index is -0.0395. The number of Topliss-reactive ketones (excluding diaryl/α,β-unsaturated/α-hetero) is 1.